The van der Waals surface area contributed by atoms with Crippen LogP contribution in [-0.2, 0) is 11.3 Å². The summed E-state index contributed by atoms with van der Waals surface area (Å²) in [5, 5.41) is 1.08. The Morgan fingerprint density at radius 2 is 1.79 bits per heavy atom. The Labute approximate surface area is 187 Å². The van der Waals surface area contributed by atoms with Crippen molar-refractivity contribution in [2.45, 2.75) is 32.5 Å². The van der Waals surface area contributed by atoms with E-state index in [1.165, 1.54) is 12.1 Å². The van der Waals surface area contributed by atoms with Crippen molar-refractivity contribution in [1.29, 1.82) is 0 Å². The number of nitrogens with zero attached hydrogens (tertiary/aromatic N) is 2. The van der Waals surface area contributed by atoms with Crippen molar-refractivity contribution < 1.29 is 9.18 Å². The lowest BCUT2D eigenvalue weighted by Crippen LogP contribution is -2.57. The first kappa shape index (κ1) is 23.7. The molecule has 1 amide bonds. The molecule has 0 saturated carbocycles. The first-order valence-electron chi connectivity index (χ1n) is 9.25. The number of carbonyl (C=O) groups is 1. The molecule has 7 heteroatoms. The summed E-state index contributed by atoms with van der Waals surface area (Å²) < 4.78 is 13.1. The van der Waals surface area contributed by atoms with Crippen LogP contribution < -0.4 is 0 Å². The van der Waals surface area contributed by atoms with Crippen molar-refractivity contribution in [2.24, 2.45) is 0 Å². The number of piperazine rings is 1. The number of carbonyl (C=O) groups excluding carboxylic acids is 1. The maximum absolute atomic E-state index is 13.1. The Morgan fingerprint density at radius 1 is 1.10 bits per heavy atom. The van der Waals surface area contributed by atoms with Crippen molar-refractivity contribution in [3.8, 4) is 0 Å². The average Bonchev–Trinajstić information content (AvgIpc) is 2.65. The van der Waals surface area contributed by atoms with Crippen molar-refractivity contribution in [1.82, 2.24) is 9.80 Å². The lowest BCUT2D eigenvalue weighted by atomic mass is 10.1. The van der Waals surface area contributed by atoms with Gasteiger partial charge in [0, 0.05) is 47.8 Å². The largest absolute Gasteiger partial charge is 0.334 e. The highest BCUT2D eigenvalue weighted by atomic mass is 35.5. The Bertz CT molecular complexity index is 873. The molecule has 0 radical (unpaired) electrons. The highest BCUT2D eigenvalue weighted by Gasteiger charge is 2.30. The summed E-state index contributed by atoms with van der Waals surface area (Å²) >= 11 is 12.1. The number of hydrogen-bond donors (Lipinski definition) is 0. The molecule has 1 saturated heterocycles. The quantitative estimate of drug-likeness (QED) is 0.551. The molecule has 1 aliphatic heterocycles. The summed E-state index contributed by atoms with van der Waals surface area (Å²) in [4.78, 5) is 16.9. The molecular formula is C22H24Cl3FN2O. The van der Waals surface area contributed by atoms with E-state index >= 15 is 0 Å². The van der Waals surface area contributed by atoms with Crippen molar-refractivity contribution >= 4 is 47.6 Å². The smallest absolute Gasteiger partial charge is 0.246 e. The second-order valence-corrected chi connectivity index (χ2v) is 8.09. The van der Waals surface area contributed by atoms with Gasteiger partial charge in [-0.3, -0.25) is 9.69 Å². The molecule has 3 nitrogen and oxygen atoms in total. The van der Waals surface area contributed by atoms with Crippen LogP contribution in [0, 0.1) is 5.82 Å². The topological polar surface area (TPSA) is 23.6 Å². The molecule has 0 unspecified atom stereocenters. The highest BCUT2D eigenvalue weighted by molar-refractivity contribution is 6.35. The van der Waals surface area contributed by atoms with E-state index in [1.54, 1.807) is 30.4 Å². The fourth-order valence-corrected chi connectivity index (χ4v) is 3.91. The van der Waals surface area contributed by atoms with Crippen molar-refractivity contribution in [3.05, 3.63) is 75.5 Å². The first-order valence-corrected chi connectivity index (χ1v) is 10.0. The lowest BCUT2D eigenvalue weighted by Gasteiger charge is -2.44. The van der Waals surface area contributed by atoms with Crippen LogP contribution in [0.4, 0.5) is 4.39 Å². The summed E-state index contributed by atoms with van der Waals surface area (Å²) in [6.45, 7) is 6.30. The van der Waals surface area contributed by atoms with Gasteiger partial charge < -0.3 is 4.90 Å². The van der Waals surface area contributed by atoms with Crippen LogP contribution in [-0.4, -0.2) is 40.9 Å². The molecule has 0 aliphatic carbocycles. The van der Waals surface area contributed by atoms with E-state index in [4.69, 9.17) is 23.2 Å². The van der Waals surface area contributed by atoms with Gasteiger partial charge in [0.1, 0.15) is 5.82 Å². The maximum Gasteiger partial charge on any atom is 0.246 e. The number of rotatable bonds is 4. The standard InChI is InChI=1S/C22H23Cl2FN2O.ClH/c1-15-13-27(22(28)10-6-18-5-7-19(23)11-21(18)24)16(2)12-26(15)14-17-3-8-20(25)9-4-17;/h3-11,15-16H,12-14H2,1-2H3;1H/b10-6+;/t15-,16+;/m0./s1. The third kappa shape index (κ3) is 6.19. The Hall–Kier alpha value is -1.59. The summed E-state index contributed by atoms with van der Waals surface area (Å²) in [6.07, 6.45) is 3.29. The molecule has 0 aromatic heterocycles. The molecule has 156 valence electrons. The summed E-state index contributed by atoms with van der Waals surface area (Å²) in [6, 6.07) is 12.1. The van der Waals surface area contributed by atoms with Crippen LogP contribution >= 0.6 is 35.6 Å². The van der Waals surface area contributed by atoms with Gasteiger partial charge in [0.2, 0.25) is 5.91 Å². The van der Waals surface area contributed by atoms with E-state index in [9.17, 15) is 9.18 Å². The lowest BCUT2D eigenvalue weighted by molar-refractivity contribution is -0.131. The minimum atomic E-state index is -0.229. The number of benzene rings is 2. The molecule has 29 heavy (non-hydrogen) atoms. The van der Waals surface area contributed by atoms with Crippen molar-refractivity contribution in [2.75, 3.05) is 13.1 Å². The predicted octanol–water partition coefficient (Wildman–Crippen LogP) is 5.69. The molecule has 0 bridgehead atoms. The normalized spacial score (nSPS) is 20.0. The van der Waals surface area contributed by atoms with Gasteiger partial charge in [-0.15, -0.1) is 12.4 Å². The third-order valence-electron chi connectivity index (χ3n) is 5.07. The molecule has 2 aromatic rings. The van der Waals surface area contributed by atoms with Gasteiger partial charge in [-0.25, -0.2) is 4.39 Å². The van der Waals surface area contributed by atoms with E-state index in [-0.39, 0.29) is 36.2 Å². The van der Waals surface area contributed by atoms with Crippen LogP contribution in [0.25, 0.3) is 6.08 Å². The van der Waals surface area contributed by atoms with E-state index < -0.39 is 0 Å². The SMILES string of the molecule is C[C@@H]1CN(Cc2ccc(F)cc2)[C@@H](C)CN1C(=O)/C=C/c1ccc(Cl)cc1Cl.Cl. The van der Waals surface area contributed by atoms with Gasteiger partial charge in [-0.05, 0) is 55.3 Å². The fourth-order valence-electron chi connectivity index (χ4n) is 3.44. The highest BCUT2D eigenvalue weighted by Crippen LogP contribution is 2.23. The summed E-state index contributed by atoms with van der Waals surface area (Å²) in [5.74, 6) is -0.264. The zero-order valence-electron chi connectivity index (χ0n) is 16.3. The van der Waals surface area contributed by atoms with Gasteiger partial charge in [-0.2, -0.15) is 0 Å². The van der Waals surface area contributed by atoms with Gasteiger partial charge in [0.05, 0.1) is 0 Å². The molecule has 1 fully saturated rings. The molecular weight excluding hydrogens is 434 g/mol. The zero-order valence-corrected chi connectivity index (χ0v) is 18.6. The second-order valence-electron chi connectivity index (χ2n) is 7.24. The van der Waals surface area contributed by atoms with E-state index in [0.29, 0.717) is 16.6 Å². The van der Waals surface area contributed by atoms with E-state index in [2.05, 4.69) is 11.8 Å². The maximum atomic E-state index is 13.1. The molecule has 0 spiro atoms. The third-order valence-corrected chi connectivity index (χ3v) is 5.63. The second kappa shape index (κ2) is 10.4. The Morgan fingerprint density at radius 3 is 2.45 bits per heavy atom. The average molecular weight is 458 g/mol. The van der Waals surface area contributed by atoms with Gasteiger partial charge in [0.15, 0.2) is 0 Å². The van der Waals surface area contributed by atoms with Crippen LogP contribution in [0.3, 0.4) is 0 Å². The van der Waals surface area contributed by atoms with Gasteiger partial charge in [0.25, 0.3) is 0 Å². The first-order chi connectivity index (χ1) is 13.3. The fraction of sp³-hybridized carbons (Fsp3) is 0.318. The summed E-state index contributed by atoms with van der Waals surface area (Å²) in [7, 11) is 0. The van der Waals surface area contributed by atoms with Crippen molar-refractivity contribution in [3.63, 3.8) is 0 Å². The minimum Gasteiger partial charge on any atom is -0.334 e. The Balaban J connectivity index is 0.00000300. The Kier molecular flexibility index (Phi) is 8.53. The van der Waals surface area contributed by atoms with Gasteiger partial charge >= 0.3 is 0 Å². The van der Waals surface area contributed by atoms with Crippen LogP contribution in [0.5, 0.6) is 0 Å². The number of amides is 1. The molecule has 2 aromatic carbocycles. The minimum absolute atomic E-state index is 0. The molecule has 0 N–H and O–H groups in total. The molecule has 1 aliphatic rings. The monoisotopic (exact) mass is 456 g/mol. The summed E-state index contributed by atoms with van der Waals surface area (Å²) in [5.41, 5.74) is 1.83. The molecule has 3 rings (SSSR count). The van der Waals surface area contributed by atoms with E-state index in [1.807, 2.05) is 24.0 Å². The van der Waals surface area contributed by atoms with Crippen LogP contribution in [0.1, 0.15) is 25.0 Å². The number of halogens is 4. The van der Waals surface area contributed by atoms with E-state index in [0.717, 1.165) is 24.2 Å². The zero-order chi connectivity index (χ0) is 20.3. The number of hydrogen-bond acceptors (Lipinski definition) is 2. The molecule has 2 atom stereocenters. The predicted molar refractivity (Wildman–Crippen MR) is 120 cm³/mol. The molecule has 1 heterocycles. The van der Waals surface area contributed by atoms with Crippen LogP contribution in [0.15, 0.2) is 48.5 Å². The van der Waals surface area contributed by atoms with Crippen LogP contribution in [0.2, 0.25) is 10.0 Å². The van der Waals surface area contributed by atoms with Gasteiger partial charge in [-0.1, -0.05) is 41.4 Å².